The highest BCUT2D eigenvalue weighted by molar-refractivity contribution is 6.35. The molecule has 0 saturated heterocycles. The minimum absolute atomic E-state index is 0.187. The fourth-order valence-electron chi connectivity index (χ4n) is 1.60. The molecule has 4 nitrogen and oxygen atoms in total. The summed E-state index contributed by atoms with van der Waals surface area (Å²) >= 11 is 11.8. The Labute approximate surface area is 130 Å². The van der Waals surface area contributed by atoms with Gasteiger partial charge in [0.15, 0.2) is 0 Å². The van der Waals surface area contributed by atoms with Gasteiger partial charge in [0.05, 0.1) is 5.02 Å². The monoisotopic (exact) mass is 321 g/mol. The average Bonchev–Trinajstić information content (AvgIpc) is 2.41. The first kappa shape index (κ1) is 17.5. The molecule has 0 aromatic heterocycles. The standard InChI is InChI=1S/C14H21Cl2NO3/c1-19-7-3-2-6-17-9-12(18)10-20-14-5-4-11(15)8-13(14)16/h4-5,8,12,17-18H,2-3,6-7,9-10H2,1H3. The number of unbranched alkanes of at least 4 members (excludes halogenated alkanes) is 1. The van der Waals surface area contributed by atoms with E-state index in [2.05, 4.69) is 5.32 Å². The van der Waals surface area contributed by atoms with Crippen LogP contribution in [-0.4, -0.2) is 44.6 Å². The molecule has 0 amide bonds. The van der Waals surface area contributed by atoms with Gasteiger partial charge in [0, 0.05) is 25.3 Å². The summed E-state index contributed by atoms with van der Waals surface area (Å²) in [6.07, 6.45) is 1.45. The van der Waals surface area contributed by atoms with Crippen LogP contribution in [0.2, 0.25) is 10.0 Å². The van der Waals surface area contributed by atoms with E-state index in [9.17, 15) is 5.11 Å². The number of benzene rings is 1. The van der Waals surface area contributed by atoms with Crippen LogP contribution >= 0.6 is 23.2 Å². The Morgan fingerprint density at radius 2 is 2.10 bits per heavy atom. The molecule has 0 spiro atoms. The highest BCUT2D eigenvalue weighted by Crippen LogP contribution is 2.27. The second-order valence-electron chi connectivity index (χ2n) is 4.44. The van der Waals surface area contributed by atoms with Gasteiger partial charge in [-0.1, -0.05) is 23.2 Å². The zero-order chi connectivity index (χ0) is 14.8. The van der Waals surface area contributed by atoms with Crippen molar-refractivity contribution in [2.45, 2.75) is 18.9 Å². The number of hydrogen-bond donors (Lipinski definition) is 2. The normalized spacial score (nSPS) is 12.4. The second kappa shape index (κ2) is 10.2. The van der Waals surface area contributed by atoms with Gasteiger partial charge in [0.2, 0.25) is 0 Å². The van der Waals surface area contributed by atoms with Crippen molar-refractivity contribution < 1.29 is 14.6 Å². The molecule has 2 N–H and O–H groups in total. The zero-order valence-corrected chi connectivity index (χ0v) is 13.1. The summed E-state index contributed by atoms with van der Waals surface area (Å²) in [5, 5.41) is 13.9. The summed E-state index contributed by atoms with van der Waals surface area (Å²) in [5.41, 5.74) is 0. The van der Waals surface area contributed by atoms with Crippen molar-refractivity contribution in [2.75, 3.05) is 33.4 Å². The van der Waals surface area contributed by atoms with Gasteiger partial charge in [-0.05, 0) is 37.6 Å². The first-order valence-electron chi connectivity index (χ1n) is 6.59. The molecule has 0 aliphatic rings. The van der Waals surface area contributed by atoms with E-state index in [-0.39, 0.29) is 6.61 Å². The van der Waals surface area contributed by atoms with E-state index in [1.807, 2.05) is 0 Å². The smallest absolute Gasteiger partial charge is 0.138 e. The molecule has 1 aromatic carbocycles. The van der Waals surface area contributed by atoms with Crippen LogP contribution < -0.4 is 10.1 Å². The van der Waals surface area contributed by atoms with E-state index in [0.29, 0.717) is 22.3 Å². The minimum atomic E-state index is -0.579. The van der Waals surface area contributed by atoms with Crippen molar-refractivity contribution >= 4 is 23.2 Å². The Kier molecular flexibility index (Phi) is 8.98. The Morgan fingerprint density at radius 3 is 2.80 bits per heavy atom. The molecule has 0 radical (unpaired) electrons. The maximum absolute atomic E-state index is 9.78. The number of halogens is 2. The van der Waals surface area contributed by atoms with Gasteiger partial charge >= 0.3 is 0 Å². The van der Waals surface area contributed by atoms with E-state index < -0.39 is 6.10 Å². The Hall–Kier alpha value is -0.520. The molecule has 1 atom stereocenters. The molecular formula is C14H21Cl2NO3. The van der Waals surface area contributed by atoms with Crippen molar-refractivity contribution in [1.29, 1.82) is 0 Å². The average molecular weight is 322 g/mol. The lowest BCUT2D eigenvalue weighted by molar-refractivity contribution is 0.106. The fourth-order valence-corrected chi connectivity index (χ4v) is 2.07. The van der Waals surface area contributed by atoms with Gasteiger partial charge in [-0.15, -0.1) is 0 Å². The van der Waals surface area contributed by atoms with E-state index in [1.165, 1.54) is 0 Å². The highest BCUT2D eigenvalue weighted by atomic mass is 35.5. The van der Waals surface area contributed by atoms with Crippen molar-refractivity contribution in [1.82, 2.24) is 5.32 Å². The number of nitrogens with one attached hydrogen (secondary N) is 1. The molecule has 0 heterocycles. The molecule has 0 saturated carbocycles. The third-order valence-electron chi connectivity index (χ3n) is 2.66. The molecule has 0 fully saturated rings. The van der Waals surface area contributed by atoms with Crippen molar-refractivity contribution in [2.24, 2.45) is 0 Å². The summed E-state index contributed by atoms with van der Waals surface area (Å²) in [7, 11) is 1.69. The van der Waals surface area contributed by atoms with Crippen LogP contribution in [0.3, 0.4) is 0 Å². The number of aliphatic hydroxyl groups is 1. The van der Waals surface area contributed by atoms with Crippen LogP contribution in [0, 0.1) is 0 Å². The molecule has 114 valence electrons. The van der Waals surface area contributed by atoms with E-state index in [0.717, 1.165) is 26.0 Å². The third kappa shape index (κ3) is 7.31. The highest BCUT2D eigenvalue weighted by Gasteiger charge is 2.07. The van der Waals surface area contributed by atoms with Gasteiger partial charge < -0.3 is 19.9 Å². The molecule has 0 aliphatic heterocycles. The van der Waals surface area contributed by atoms with Crippen LogP contribution in [0.1, 0.15) is 12.8 Å². The van der Waals surface area contributed by atoms with Crippen molar-refractivity contribution in [3.05, 3.63) is 28.2 Å². The first-order chi connectivity index (χ1) is 9.63. The van der Waals surface area contributed by atoms with Crippen molar-refractivity contribution in [3.8, 4) is 5.75 Å². The summed E-state index contributed by atoms with van der Waals surface area (Å²) < 4.78 is 10.4. The lowest BCUT2D eigenvalue weighted by atomic mass is 10.3. The predicted octanol–water partition coefficient (Wildman–Crippen LogP) is 2.75. The topological polar surface area (TPSA) is 50.7 Å². The number of ether oxygens (including phenoxy) is 2. The summed E-state index contributed by atoms with van der Waals surface area (Å²) in [4.78, 5) is 0. The summed E-state index contributed by atoms with van der Waals surface area (Å²) in [6, 6.07) is 5.00. The molecule has 20 heavy (non-hydrogen) atoms. The fraction of sp³-hybridized carbons (Fsp3) is 0.571. The van der Waals surface area contributed by atoms with Crippen LogP contribution in [0.4, 0.5) is 0 Å². The van der Waals surface area contributed by atoms with Crippen molar-refractivity contribution in [3.63, 3.8) is 0 Å². The lowest BCUT2D eigenvalue weighted by Crippen LogP contribution is -2.32. The molecule has 0 aliphatic carbocycles. The Morgan fingerprint density at radius 1 is 1.30 bits per heavy atom. The summed E-state index contributed by atoms with van der Waals surface area (Å²) in [6.45, 7) is 2.29. The SMILES string of the molecule is COCCCCNCC(O)COc1ccc(Cl)cc1Cl. The molecule has 1 unspecified atom stereocenters. The maximum atomic E-state index is 9.78. The Balaban J connectivity index is 2.14. The van der Waals surface area contributed by atoms with Crippen LogP contribution in [0.25, 0.3) is 0 Å². The largest absolute Gasteiger partial charge is 0.489 e. The third-order valence-corrected chi connectivity index (χ3v) is 3.19. The number of rotatable bonds is 10. The zero-order valence-electron chi connectivity index (χ0n) is 11.6. The molecule has 6 heteroatoms. The van der Waals surface area contributed by atoms with Gasteiger partial charge in [-0.2, -0.15) is 0 Å². The van der Waals surface area contributed by atoms with E-state index in [1.54, 1.807) is 25.3 Å². The molecular weight excluding hydrogens is 301 g/mol. The van der Waals surface area contributed by atoms with Gasteiger partial charge in [-0.3, -0.25) is 0 Å². The first-order valence-corrected chi connectivity index (χ1v) is 7.34. The lowest BCUT2D eigenvalue weighted by Gasteiger charge is -2.14. The van der Waals surface area contributed by atoms with Crippen LogP contribution in [0.5, 0.6) is 5.75 Å². The number of aliphatic hydroxyl groups excluding tert-OH is 1. The molecule has 1 rings (SSSR count). The van der Waals surface area contributed by atoms with Gasteiger partial charge in [-0.25, -0.2) is 0 Å². The van der Waals surface area contributed by atoms with E-state index in [4.69, 9.17) is 32.7 Å². The number of hydrogen-bond acceptors (Lipinski definition) is 4. The van der Waals surface area contributed by atoms with Crippen LogP contribution in [-0.2, 0) is 4.74 Å². The predicted molar refractivity (Wildman–Crippen MR) is 81.9 cm³/mol. The molecule has 0 bridgehead atoms. The molecule has 1 aromatic rings. The van der Waals surface area contributed by atoms with Crippen LogP contribution in [0.15, 0.2) is 18.2 Å². The Bertz CT molecular complexity index is 391. The van der Waals surface area contributed by atoms with E-state index >= 15 is 0 Å². The maximum Gasteiger partial charge on any atom is 0.138 e. The second-order valence-corrected chi connectivity index (χ2v) is 5.29. The van der Waals surface area contributed by atoms with Gasteiger partial charge in [0.25, 0.3) is 0 Å². The summed E-state index contributed by atoms with van der Waals surface area (Å²) in [5.74, 6) is 0.523. The number of methoxy groups -OCH3 is 1. The quantitative estimate of drug-likeness (QED) is 0.651. The minimum Gasteiger partial charge on any atom is -0.489 e. The van der Waals surface area contributed by atoms with Gasteiger partial charge in [0.1, 0.15) is 18.5 Å².